The van der Waals surface area contributed by atoms with E-state index in [1.54, 1.807) is 17.0 Å². The van der Waals surface area contributed by atoms with Crippen molar-refractivity contribution in [3.63, 3.8) is 0 Å². The molecule has 1 saturated heterocycles. The smallest absolute Gasteiger partial charge is 0.410 e. The van der Waals surface area contributed by atoms with E-state index in [0.29, 0.717) is 35.6 Å². The minimum absolute atomic E-state index is 0.0532. The Hall–Kier alpha value is -3.49. The first-order chi connectivity index (χ1) is 15.5. The lowest BCUT2D eigenvalue weighted by atomic mass is 10.1. The average Bonchev–Trinajstić information content (AvgIpc) is 2.73. The van der Waals surface area contributed by atoms with Crippen molar-refractivity contribution >= 4 is 28.9 Å². The van der Waals surface area contributed by atoms with Crippen molar-refractivity contribution in [1.29, 1.82) is 0 Å². The number of rotatable bonds is 2. The van der Waals surface area contributed by atoms with E-state index in [2.05, 4.69) is 14.9 Å². The molecule has 2 atom stereocenters. The molecule has 3 heterocycles. The maximum atomic E-state index is 13.4. The molecule has 1 aromatic carbocycles. The third-order valence-electron chi connectivity index (χ3n) is 5.57. The number of carbonyl (C=O) groups excluding carboxylic acids is 1. The van der Waals surface area contributed by atoms with Gasteiger partial charge in [0.1, 0.15) is 16.9 Å². The molecule has 0 unspecified atom stereocenters. The summed E-state index contributed by atoms with van der Waals surface area (Å²) in [7, 11) is 0. The molecule has 9 heteroatoms. The molecule has 174 valence electrons. The molecule has 3 aromatic rings. The van der Waals surface area contributed by atoms with Crippen LogP contribution in [0.5, 0.6) is 0 Å². The summed E-state index contributed by atoms with van der Waals surface area (Å²) in [6.07, 6.45) is -0.328. The first-order valence-corrected chi connectivity index (χ1v) is 11.0. The number of anilines is 2. The summed E-state index contributed by atoms with van der Waals surface area (Å²) in [4.78, 5) is 30.2. The van der Waals surface area contributed by atoms with Crippen molar-refractivity contribution in [1.82, 2.24) is 19.9 Å². The molecular weight excluding hydrogens is 423 g/mol. The summed E-state index contributed by atoms with van der Waals surface area (Å²) < 4.78 is 19.0. The Morgan fingerprint density at radius 2 is 1.73 bits per heavy atom. The van der Waals surface area contributed by atoms with Crippen LogP contribution < -0.4 is 10.6 Å². The number of ether oxygens (including phenoxy) is 1. The van der Waals surface area contributed by atoms with Gasteiger partial charge in [0, 0.05) is 30.7 Å². The van der Waals surface area contributed by atoms with E-state index in [9.17, 15) is 9.18 Å². The number of nitrogens with zero attached hydrogens (tertiary/aromatic N) is 5. The molecule has 2 aromatic heterocycles. The number of nitrogen functional groups attached to an aromatic ring is 1. The van der Waals surface area contributed by atoms with Crippen LogP contribution in [0.25, 0.3) is 22.3 Å². The second kappa shape index (κ2) is 8.46. The minimum Gasteiger partial charge on any atom is -0.444 e. The molecule has 0 spiro atoms. The van der Waals surface area contributed by atoms with Gasteiger partial charge in [-0.2, -0.15) is 4.98 Å². The first kappa shape index (κ1) is 22.7. The van der Waals surface area contributed by atoms with Crippen LogP contribution in [0.15, 0.2) is 36.4 Å². The quantitative estimate of drug-likeness (QED) is 0.621. The van der Waals surface area contributed by atoms with E-state index in [0.717, 1.165) is 5.56 Å². The summed E-state index contributed by atoms with van der Waals surface area (Å²) in [6, 6.07) is 9.69. The van der Waals surface area contributed by atoms with E-state index >= 15 is 0 Å². The van der Waals surface area contributed by atoms with Gasteiger partial charge in [-0.1, -0.05) is 0 Å². The van der Waals surface area contributed by atoms with Crippen molar-refractivity contribution in [2.75, 3.05) is 23.7 Å². The van der Waals surface area contributed by atoms with Gasteiger partial charge in [0.05, 0.1) is 11.2 Å². The topological polar surface area (TPSA) is 97.5 Å². The molecule has 1 aliphatic rings. The molecule has 4 rings (SSSR count). The molecule has 1 amide bonds. The number of aromatic nitrogens is 3. The lowest BCUT2D eigenvalue weighted by Gasteiger charge is -2.44. The molecule has 1 fully saturated rings. The van der Waals surface area contributed by atoms with E-state index in [1.165, 1.54) is 12.1 Å². The zero-order valence-corrected chi connectivity index (χ0v) is 19.5. The Bertz CT molecular complexity index is 1180. The molecule has 0 radical (unpaired) electrons. The van der Waals surface area contributed by atoms with Crippen LogP contribution >= 0.6 is 0 Å². The van der Waals surface area contributed by atoms with Gasteiger partial charge in [-0.3, -0.25) is 0 Å². The van der Waals surface area contributed by atoms with Crippen LogP contribution in [-0.2, 0) is 4.74 Å². The van der Waals surface area contributed by atoms with Gasteiger partial charge in [0.25, 0.3) is 0 Å². The van der Waals surface area contributed by atoms with Crippen LogP contribution in [0.1, 0.15) is 34.6 Å². The molecule has 0 bridgehead atoms. The molecule has 0 aliphatic carbocycles. The fraction of sp³-hybridized carbons (Fsp3) is 0.417. The highest BCUT2D eigenvalue weighted by Crippen LogP contribution is 2.30. The van der Waals surface area contributed by atoms with Gasteiger partial charge in [0.15, 0.2) is 5.82 Å². The second-order valence-electron chi connectivity index (χ2n) is 9.46. The number of fused-ring (bicyclic) bond motifs is 1. The van der Waals surface area contributed by atoms with Crippen LogP contribution in [0, 0.1) is 5.82 Å². The standard InChI is InChI=1S/C24H29FN6O2/c1-14-13-31(23(32)33-24(3,4)5)15(2)12-30(14)21-20-19(28-22(26)29-21)11-10-18(27-20)16-6-8-17(25)9-7-16/h6-11,14-15H,12-13H2,1-5H3,(H2,26,28,29)/t14-,15-/m1/s1. The number of nitrogens with two attached hydrogens (primary N) is 1. The number of pyridine rings is 1. The largest absolute Gasteiger partial charge is 0.444 e. The van der Waals surface area contributed by atoms with E-state index in [4.69, 9.17) is 15.5 Å². The van der Waals surface area contributed by atoms with Gasteiger partial charge in [-0.15, -0.1) is 0 Å². The lowest BCUT2D eigenvalue weighted by molar-refractivity contribution is 0.0130. The number of hydrogen-bond acceptors (Lipinski definition) is 7. The van der Waals surface area contributed by atoms with Crippen molar-refractivity contribution < 1.29 is 13.9 Å². The maximum Gasteiger partial charge on any atom is 0.410 e. The van der Waals surface area contributed by atoms with Crippen molar-refractivity contribution in [2.45, 2.75) is 52.3 Å². The highest BCUT2D eigenvalue weighted by Gasteiger charge is 2.36. The molecule has 1 aliphatic heterocycles. The van der Waals surface area contributed by atoms with E-state index < -0.39 is 5.60 Å². The van der Waals surface area contributed by atoms with Gasteiger partial charge in [0.2, 0.25) is 5.95 Å². The summed E-state index contributed by atoms with van der Waals surface area (Å²) >= 11 is 0. The van der Waals surface area contributed by atoms with Crippen molar-refractivity contribution in [2.24, 2.45) is 0 Å². The average molecular weight is 453 g/mol. The van der Waals surface area contributed by atoms with Crippen LogP contribution in [0.3, 0.4) is 0 Å². The highest BCUT2D eigenvalue weighted by molar-refractivity contribution is 5.89. The van der Waals surface area contributed by atoms with Crippen molar-refractivity contribution in [3.8, 4) is 11.3 Å². The highest BCUT2D eigenvalue weighted by atomic mass is 19.1. The zero-order valence-electron chi connectivity index (χ0n) is 19.5. The van der Waals surface area contributed by atoms with Crippen LogP contribution in [0.2, 0.25) is 0 Å². The van der Waals surface area contributed by atoms with Gasteiger partial charge < -0.3 is 20.3 Å². The predicted octanol–water partition coefficient (Wildman–Crippen LogP) is 4.25. The molecule has 8 nitrogen and oxygen atoms in total. The van der Waals surface area contributed by atoms with Crippen molar-refractivity contribution in [3.05, 3.63) is 42.2 Å². The number of halogens is 1. The lowest BCUT2D eigenvalue weighted by Crippen LogP contribution is -2.59. The number of amides is 1. The molecule has 33 heavy (non-hydrogen) atoms. The summed E-state index contributed by atoms with van der Waals surface area (Å²) in [5.74, 6) is 0.468. The molecule has 0 saturated carbocycles. The predicted molar refractivity (Wildman–Crippen MR) is 126 cm³/mol. The Kier molecular flexibility index (Phi) is 5.82. The number of piperazine rings is 1. The summed E-state index contributed by atoms with van der Waals surface area (Å²) in [6.45, 7) is 10.6. The third-order valence-corrected chi connectivity index (χ3v) is 5.57. The van der Waals surface area contributed by atoms with Crippen LogP contribution in [0.4, 0.5) is 21.0 Å². The SMILES string of the molecule is C[C@@H]1CN(c2nc(N)nc3ccc(-c4ccc(F)cc4)nc23)[C@H](C)CN1C(=O)OC(C)(C)C. The third kappa shape index (κ3) is 4.81. The van der Waals surface area contributed by atoms with Gasteiger partial charge in [-0.05, 0) is 71.0 Å². The Balaban J connectivity index is 1.69. The molecular formula is C24H29FN6O2. The second-order valence-corrected chi connectivity index (χ2v) is 9.46. The Morgan fingerprint density at radius 1 is 1.03 bits per heavy atom. The zero-order chi connectivity index (χ0) is 23.9. The number of carbonyl (C=O) groups is 1. The van der Waals surface area contributed by atoms with Gasteiger partial charge in [-0.25, -0.2) is 19.2 Å². The molecule has 2 N–H and O–H groups in total. The maximum absolute atomic E-state index is 13.4. The minimum atomic E-state index is -0.560. The Labute approximate surface area is 192 Å². The summed E-state index contributed by atoms with van der Waals surface area (Å²) in [5, 5.41) is 0. The normalized spacial score (nSPS) is 19.1. The summed E-state index contributed by atoms with van der Waals surface area (Å²) in [5.41, 5.74) is 8.16. The fourth-order valence-corrected chi connectivity index (χ4v) is 3.99. The van der Waals surface area contributed by atoms with Gasteiger partial charge >= 0.3 is 6.09 Å². The van der Waals surface area contributed by atoms with Crippen LogP contribution in [-0.4, -0.2) is 56.7 Å². The monoisotopic (exact) mass is 452 g/mol. The Morgan fingerprint density at radius 3 is 2.39 bits per heavy atom. The fourth-order valence-electron chi connectivity index (χ4n) is 3.99. The number of hydrogen-bond donors (Lipinski definition) is 1. The number of benzene rings is 1. The van der Waals surface area contributed by atoms with E-state index in [1.807, 2.05) is 46.8 Å². The first-order valence-electron chi connectivity index (χ1n) is 11.0. The van der Waals surface area contributed by atoms with E-state index in [-0.39, 0.29) is 29.9 Å².